The number of carbonyl (C=O) groups excluding carboxylic acids is 2. The van der Waals surface area contributed by atoms with E-state index in [4.69, 9.17) is 30.2 Å². The van der Waals surface area contributed by atoms with Crippen LogP contribution < -0.4 is 0 Å². The highest BCUT2D eigenvalue weighted by Crippen LogP contribution is 2.35. The molecule has 34 heavy (non-hydrogen) atoms. The molecule has 3 aromatic rings. The molecule has 1 aliphatic rings. The van der Waals surface area contributed by atoms with Crippen LogP contribution in [0, 0.1) is 11.8 Å². The first-order chi connectivity index (χ1) is 16.4. The van der Waals surface area contributed by atoms with Crippen molar-refractivity contribution in [1.29, 1.82) is 0 Å². The maximum atomic E-state index is 11.9. The van der Waals surface area contributed by atoms with Gasteiger partial charge in [0.05, 0.1) is 12.9 Å². The second-order valence-electron chi connectivity index (χ2n) is 7.64. The van der Waals surface area contributed by atoms with Gasteiger partial charge in [0, 0.05) is 20.3 Å². The summed E-state index contributed by atoms with van der Waals surface area (Å²) in [4.78, 5) is 36.9. The molecule has 4 heterocycles. The molecule has 0 spiro atoms. The maximum Gasteiger partial charge on any atom is 0.303 e. The Morgan fingerprint density at radius 3 is 2.71 bits per heavy atom. The van der Waals surface area contributed by atoms with Crippen molar-refractivity contribution in [3.63, 3.8) is 0 Å². The van der Waals surface area contributed by atoms with E-state index in [2.05, 4.69) is 33.7 Å². The minimum Gasteiger partial charge on any atom is -0.461 e. The predicted molar refractivity (Wildman–Crippen MR) is 121 cm³/mol. The van der Waals surface area contributed by atoms with Crippen LogP contribution in [0.25, 0.3) is 22.7 Å². The molecule has 3 aromatic heterocycles. The number of carbonyl (C=O) groups is 2. The number of rotatable bonds is 6. The Kier molecular flexibility index (Phi) is 7.14. The van der Waals surface area contributed by atoms with Gasteiger partial charge in [-0.1, -0.05) is 30.9 Å². The van der Waals surface area contributed by atoms with Crippen molar-refractivity contribution in [3.05, 3.63) is 29.4 Å². The molecule has 3 atom stereocenters. The molecule has 1 fully saturated rings. The number of hydrogen-bond donors (Lipinski definition) is 0. The quantitative estimate of drug-likeness (QED) is 0.222. The fourth-order valence-electron chi connectivity index (χ4n) is 3.62. The van der Waals surface area contributed by atoms with Gasteiger partial charge in [0.2, 0.25) is 0 Å². The first-order valence-corrected chi connectivity index (χ1v) is 11.2. The summed E-state index contributed by atoms with van der Waals surface area (Å²) in [6.07, 6.45) is 1.43. The van der Waals surface area contributed by atoms with E-state index in [9.17, 15) is 9.59 Å². The Balaban J connectivity index is 1.87. The molecule has 0 aliphatic carbocycles. The van der Waals surface area contributed by atoms with E-state index in [-0.39, 0.29) is 17.6 Å². The van der Waals surface area contributed by atoms with Crippen molar-refractivity contribution in [2.75, 3.05) is 6.61 Å². The summed E-state index contributed by atoms with van der Waals surface area (Å²) in [6.45, 7) is 4.63. The smallest absolute Gasteiger partial charge is 0.303 e. The molecular formula is C23H23ClN4O6. The number of unbranched alkanes of at least 4 members (excludes halogenated alkanes) is 2. The van der Waals surface area contributed by atoms with Gasteiger partial charge in [0.25, 0.3) is 0 Å². The number of ether oxygens (including phenoxy) is 3. The van der Waals surface area contributed by atoms with Gasteiger partial charge in [-0.3, -0.25) is 14.2 Å². The third-order valence-electron chi connectivity index (χ3n) is 5.05. The van der Waals surface area contributed by atoms with Crippen molar-refractivity contribution in [2.24, 2.45) is 0 Å². The molecule has 0 aromatic carbocycles. The Bertz CT molecular complexity index is 1260. The van der Waals surface area contributed by atoms with Gasteiger partial charge >= 0.3 is 11.9 Å². The topological polar surface area (TPSA) is 119 Å². The molecule has 10 nitrogen and oxygen atoms in total. The molecule has 0 amide bonds. The normalized spacial score (nSPS) is 19.6. The Labute approximate surface area is 200 Å². The Hall–Kier alpha value is -3.42. The number of fused-ring (bicyclic) bond motifs is 1. The van der Waals surface area contributed by atoms with E-state index in [1.54, 1.807) is 16.7 Å². The second-order valence-corrected chi connectivity index (χ2v) is 8.00. The van der Waals surface area contributed by atoms with E-state index in [1.165, 1.54) is 20.1 Å². The second kappa shape index (κ2) is 10.2. The van der Waals surface area contributed by atoms with Crippen LogP contribution in [0.2, 0.25) is 5.15 Å². The first kappa shape index (κ1) is 23.7. The summed E-state index contributed by atoms with van der Waals surface area (Å²) in [5.74, 6) is 6.03. The van der Waals surface area contributed by atoms with Gasteiger partial charge in [-0.15, -0.1) is 0 Å². The largest absolute Gasteiger partial charge is 0.461 e. The van der Waals surface area contributed by atoms with Gasteiger partial charge in [-0.2, -0.15) is 0 Å². The SMILES string of the molecule is CCCCC#Cc1nc2c(Cl)nc(-c3ccco3)nc2n1[C@@H]1OC[C@@H](OC(C)=O)[C@H]1OC(C)=O. The molecule has 4 rings (SSSR count). The van der Waals surface area contributed by atoms with Crippen LogP contribution in [0.1, 0.15) is 52.1 Å². The third kappa shape index (κ3) is 4.90. The minimum atomic E-state index is -0.948. The average Bonchev–Trinajstić information content (AvgIpc) is 3.51. The maximum absolute atomic E-state index is 11.9. The standard InChI is InChI=1S/C23H23ClN4O6/c1-4-5-6-7-10-17-25-18-20(24)26-21(15-9-8-11-31-15)27-22(18)28(17)23-19(34-14(3)30)16(12-32-23)33-13(2)29/h8-9,11,16,19,23H,4-6,12H2,1-3H3/t16-,19-,23-/m1/s1. The van der Waals surface area contributed by atoms with Crippen LogP contribution in [0.3, 0.4) is 0 Å². The van der Waals surface area contributed by atoms with Gasteiger partial charge in [-0.25, -0.2) is 15.0 Å². The molecule has 0 N–H and O–H groups in total. The fraction of sp³-hybridized carbons (Fsp3) is 0.435. The predicted octanol–water partition coefficient (Wildman–Crippen LogP) is 3.67. The number of hydrogen-bond acceptors (Lipinski definition) is 9. The van der Waals surface area contributed by atoms with Crippen LogP contribution in [0.15, 0.2) is 22.8 Å². The molecule has 0 radical (unpaired) electrons. The van der Waals surface area contributed by atoms with E-state index in [1.807, 2.05) is 0 Å². The average molecular weight is 487 g/mol. The summed E-state index contributed by atoms with van der Waals surface area (Å²) in [5, 5.41) is 0.102. The fourth-order valence-corrected chi connectivity index (χ4v) is 3.83. The highest BCUT2D eigenvalue weighted by molar-refractivity contribution is 6.33. The first-order valence-electron chi connectivity index (χ1n) is 10.8. The summed E-state index contributed by atoms with van der Waals surface area (Å²) in [7, 11) is 0. The number of halogens is 1. The molecule has 1 saturated heterocycles. The summed E-state index contributed by atoms with van der Waals surface area (Å²) >= 11 is 6.46. The lowest BCUT2D eigenvalue weighted by Crippen LogP contribution is -2.36. The van der Waals surface area contributed by atoms with E-state index < -0.39 is 30.4 Å². The molecule has 178 valence electrons. The lowest BCUT2D eigenvalue weighted by molar-refractivity contribution is -0.164. The number of aromatic nitrogens is 4. The number of furan rings is 1. The van der Waals surface area contributed by atoms with Gasteiger partial charge < -0.3 is 18.6 Å². The van der Waals surface area contributed by atoms with E-state index >= 15 is 0 Å². The lowest BCUT2D eigenvalue weighted by Gasteiger charge is -2.23. The molecule has 0 saturated carbocycles. The Morgan fingerprint density at radius 1 is 1.24 bits per heavy atom. The molecule has 0 bridgehead atoms. The molecule has 11 heteroatoms. The van der Waals surface area contributed by atoms with Crippen molar-refractivity contribution in [1.82, 2.24) is 19.5 Å². The van der Waals surface area contributed by atoms with Crippen LogP contribution in [-0.2, 0) is 23.8 Å². The Morgan fingerprint density at radius 2 is 2.03 bits per heavy atom. The van der Waals surface area contributed by atoms with Crippen LogP contribution in [-0.4, -0.2) is 50.3 Å². The minimum absolute atomic E-state index is 0.00836. The summed E-state index contributed by atoms with van der Waals surface area (Å²) < 4.78 is 23.8. The van der Waals surface area contributed by atoms with Crippen molar-refractivity contribution in [3.8, 4) is 23.4 Å². The monoisotopic (exact) mass is 486 g/mol. The van der Waals surface area contributed by atoms with Gasteiger partial charge in [-0.05, 0) is 24.5 Å². The van der Waals surface area contributed by atoms with E-state index in [0.717, 1.165) is 12.8 Å². The highest BCUT2D eigenvalue weighted by Gasteiger charge is 2.45. The number of nitrogens with zero attached hydrogens (tertiary/aromatic N) is 4. The lowest BCUT2D eigenvalue weighted by atomic mass is 10.2. The van der Waals surface area contributed by atoms with Gasteiger partial charge in [0.15, 0.2) is 46.6 Å². The van der Waals surface area contributed by atoms with Crippen LogP contribution >= 0.6 is 11.6 Å². The number of esters is 2. The molecule has 1 aliphatic heterocycles. The number of imidazole rings is 1. The van der Waals surface area contributed by atoms with Crippen LogP contribution in [0.5, 0.6) is 0 Å². The zero-order valence-corrected chi connectivity index (χ0v) is 19.7. The van der Waals surface area contributed by atoms with Crippen molar-refractivity contribution in [2.45, 2.75) is 58.5 Å². The molecule has 0 unspecified atom stereocenters. The van der Waals surface area contributed by atoms with Crippen LogP contribution in [0.4, 0.5) is 0 Å². The zero-order valence-electron chi connectivity index (χ0n) is 18.9. The summed E-state index contributed by atoms with van der Waals surface area (Å²) in [6, 6.07) is 3.41. The zero-order chi connectivity index (χ0) is 24.2. The summed E-state index contributed by atoms with van der Waals surface area (Å²) in [5.41, 5.74) is 0.620. The molecular weight excluding hydrogens is 464 g/mol. The highest BCUT2D eigenvalue weighted by atomic mass is 35.5. The van der Waals surface area contributed by atoms with Crippen molar-refractivity contribution < 1.29 is 28.2 Å². The third-order valence-corrected chi connectivity index (χ3v) is 5.31. The van der Waals surface area contributed by atoms with Gasteiger partial charge in [0.1, 0.15) is 5.52 Å². The van der Waals surface area contributed by atoms with Crippen molar-refractivity contribution >= 4 is 34.7 Å². The van der Waals surface area contributed by atoms with E-state index in [0.29, 0.717) is 29.2 Å².